The quantitative estimate of drug-likeness (QED) is 0.581. The van der Waals surface area contributed by atoms with Crippen molar-refractivity contribution in [1.82, 2.24) is 5.43 Å². The van der Waals surface area contributed by atoms with Crippen molar-refractivity contribution in [2.75, 3.05) is 14.2 Å². The fraction of sp³-hybridized carbons (Fsp3) is 0.176. The van der Waals surface area contributed by atoms with Crippen molar-refractivity contribution in [3.05, 3.63) is 57.0 Å². The summed E-state index contributed by atoms with van der Waals surface area (Å²) in [6.07, 6.45) is 1.62. The summed E-state index contributed by atoms with van der Waals surface area (Å²) in [5.41, 5.74) is 3.89. The minimum absolute atomic E-state index is 0.100. The van der Waals surface area contributed by atoms with Crippen LogP contribution >= 0.6 is 27.5 Å². The molecular weight excluding hydrogens is 396 g/mol. The van der Waals surface area contributed by atoms with Crippen molar-refractivity contribution in [1.29, 1.82) is 0 Å². The highest BCUT2D eigenvalue weighted by Crippen LogP contribution is 2.23. The Morgan fingerprint density at radius 3 is 2.75 bits per heavy atom. The SMILES string of the molecule is COc1ccc(Cl)c(CC(=O)N/N=C/c2cc(Br)ccc2OC)c1. The lowest BCUT2D eigenvalue weighted by molar-refractivity contribution is -0.120. The van der Waals surface area contributed by atoms with Gasteiger partial charge in [-0.05, 0) is 42.0 Å². The van der Waals surface area contributed by atoms with E-state index in [1.54, 1.807) is 32.4 Å². The van der Waals surface area contributed by atoms with Crippen LogP contribution in [-0.4, -0.2) is 26.3 Å². The molecule has 0 aromatic heterocycles. The highest BCUT2D eigenvalue weighted by molar-refractivity contribution is 9.10. The number of nitrogens with one attached hydrogen (secondary N) is 1. The van der Waals surface area contributed by atoms with E-state index >= 15 is 0 Å². The first-order valence-electron chi connectivity index (χ1n) is 7.01. The lowest BCUT2D eigenvalue weighted by Crippen LogP contribution is -2.20. The summed E-state index contributed by atoms with van der Waals surface area (Å²) < 4.78 is 11.3. The largest absolute Gasteiger partial charge is 0.497 e. The summed E-state index contributed by atoms with van der Waals surface area (Å²) in [6, 6.07) is 10.7. The molecule has 5 nitrogen and oxygen atoms in total. The summed E-state index contributed by atoms with van der Waals surface area (Å²) in [5, 5.41) is 4.46. The fourth-order valence-corrected chi connectivity index (χ4v) is 2.57. The number of methoxy groups -OCH3 is 2. The zero-order chi connectivity index (χ0) is 17.5. The molecule has 0 aliphatic carbocycles. The van der Waals surface area contributed by atoms with Crippen molar-refractivity contribution in [3.63, 3.8) is 0 Å². The first-order valence-corrected chi connectivity index (χ1v) is 8.18. The molecule has 2 aromatic carbocycles. The van der Waals surface area contributed by atoms with Gasteiger partial charge in [0, 0.05) is 15.1 Å². The van der Waals surface area contributed by atoms with Crippen LogP contribution in [0.4, 0.5) is 0 Å². The third kappa shape index (κ3) is 4.97. The van der Waals surface area contributed by atoms with Gasteiger partial charge in [0.05, 0.1) is 26.9 Å². The summed E-state index contributed by atoms with van der Waals surface area (Å²) in [7, 11) is 3.13. The number of benzene rings is 2. The number of hydrogen-bond donors (Lipinski definition) is 1. The Bertz CT molecular complexity index is 765. The molecule has 24 heavy (non-hydrogen) atoms. The molecule has 2 aromatic rings. The van der Waals surface area contributed by atoms with E-state index in [1.165, 1.54) is 6.21 Å². The van der Waals surface area contributed by atoms with E-state index in [4.69, 9.17) is 21.1 Å². The van der Waals surface area contributed by atoms with Crippen LogP contribution in [0.3, 0.4) is 0 Å². The smallest absolute Gasteiger partial charge is 0.244 e. The number of hydrazone groups is 1. The van der Waals surface area contributed by atoms with Gasteiger partial charge in [-0.15, -0.1) is 0 Å². The van der Waals surface area contributed by atoms with Crippen LogP contribution in [0.25, 0.3) is 0 Å². The zero-order valence-corrected chi connectivity index (χ0v) is 15.5. The number of ether oxygens (including phenoxy) is 2. The van der Waals surface area contributed by atoms with Gasteiger partial charge >= 0.3 is 0 Å². The molecule has 0 atom stereocenters. The summed E-state index contributed by atoms with van der Waals surface area (Å²) in [4.78, 5) is 12.0. The number of carbonyl (C=O) groups is 1. The lowest BCUT2D eigenvalue weighted by Gasteiger charge is -2.07. The predicted octanol–water partition coefficient (Wildman–Crippen LogP) is 3.81. The highest BCUT2D eigenvalue weighted by atomic mass is 79.9. The van der Waals surface area contributed by atoms with Crippen LogP contribution in [-0.2, 0) is 11.2 Å². The maximum atomic E-state index is 12.0. The maximum absolute atomic E-state index is 12.0. The molecule has 126 valence electrons. The molecule has 0 saturated carbocycles. The standard InChI is InChI=1S/C17H16BrClN2O3/c1-23-14-4-5-15(19)11(8-14)9-17(22)21-20-10-12-7-13(18)3-6-16(12)24-2/h3-8,10H,9H2,1-2H3,(H,21,22)/b20-10+. The minimum atomic E-state index is -0.282. The van der Waals surface area contributed by atoms with Crippen molar-refractivity contribution in [2.45, 2.75) is 6.42 Å². The molecule has 1 N–H and O–H groups in total. The molecule has 0 radical (unpaired) electrons. The van der Waals surface area contributed by atoms with Crippen LogP contribution in [0.15, 0.2) is 46.0 Å². The van der Waals surface area contributed by atoms with Gasteiger partial charge in [-0.3, -0.25) is 4.79 Å². The number of amides is 1. The van der Waals surface area contributed by atoms with Gasteiger partial charge in [-0.2, -0.15) is 5.10 Å². The van der Waals surface area contributed by atoms with E-state index < -0.39 is 0 Å². The fourth-order valence-electron chi connectivity index (χ4n) is 2.01. The van der Waals surface area contributed by atoms with E-state index in [0.717, 1.165) is 10.0 Å². The average molecular weight is 412 g/mol. The molecule has 0 fully saturated rings. The number of hydrogen-bond acceptors (Lipinski definition) is 4. The molecule has 7 heteroatoms. The molecule has 0 aliphatic rings. The molecule has 0 bridgehead atoms. The van der Waals surface area contributed by atoms with Crippen LogP contribution in [0, 0.1) is 0 Å². The van der Waals surface area contributed by atoms with Gasteiger partial charge < -0.3 is 9.47 Å². The third-order valence-corrected chi connectivity index (χ3v) is 4.05. The first-order chi connectivity index (χ1) is 11.5. The molecule has 0 unspecified atom stereocenters. The van der Waals surface area contributed by atoms with Gasteiger partial charge in [0.1, 0.15) is 11.5 Å². The number of halogens is 2. The highest BCUT2D eigenvalue weighted by Gasteiger charge is 2.08. The van der Waals surface area contributed by atoms with Gasteiger partial charge in [-0.25, -0.2) is 5.43 Å². The summed E-state index contributed by atoms with van der Waals surface area (Å²) in [5.74, 6) is 1.02. The van der Waals surface area contributed by atoms with Crippen molar-refractivity contribution in [2.24, 2.45) is 5.10 Å². The third-order valence-electron chi connectivity index (χ3n) is 3.19. The van der Waals surface area contributed by atoms with Gasteiger partial charge in [0.15, 0.2) is 0 Å². The molecule has 2 rings (SSSR count). The Hall–Kier alpha value is -2.05. The van der Waals surface area contributed by atoms with E-state index in [2.05, 4.69) is 26.5 Å². The number of carbonyl (C=O) groups excluding carboxylic acids is 1. The Morgan fingerprint density at radius 2 is 2.04 bits per heavy atom. The predicted molar refractivity (Wildman–Crippen MR) is 98.1 cm³/mol. The van der Waals surface area contributed by atoms with E-state index in [-0.39, 0.29) is 12.3 Å². The van der Waals surface area contributed by atoms with E-state index in [9.17, 15) is 4.79 Å². The second-order valence-electron chi connectivity index (χ2n) is 4.81. The molecule has 0 saturated heterocycles. The number of rotatable bonds is 6. The number of nitrogens with zero attached hydrogens (tertiary/aromatic N) is 1. The van der Waals surface area contributed by atoms with E-state index in [0.29, 0.717) is 22.1 Å². The summed E-state index contributed by atoms with van der Waals surface area (Å²) in [6.45, 7) is 0. The Balaban J connectivity index is 2.02. The maximum Gasteiger partial charge on any atom is 0.244 e. The van der Waals surface area contributed by atoms with Gasteiger partial charge in [-0.1, -0.05) is 27.5 Å². The van der Waals surface area contributed by atoms with Crippen molar-refractivity contribution < 1.29 is 14.3 Å². The van der Waals surface area contributed by atoms with Crippen LogP contribution in [0.2, 0.25) is 5.02 Å². The van der Waals surface area contributed by atoms with Crippen LogP contribution < -0.4 is 14.9 Å². The Labute approximate surface area is 153 Å². The second kappa shape index (κ2) is 8.70. The van der Waals surface area contributed by atoms with Crippen molar-refractivity contribution >= 4 is 39.7 Å². The second-order valence-corrected chi connectivity index (χ2v) is 6.14. The van der Waals surface area contributed by atoms with Crippen molar-refractivity contribution in [3.8, 4) is 11.5 Å². The first kappa shape index (κ1) is 18.3. The topological polar surface area (TPSA) is 59.9 Å². The van der Waals surface area contributed by atoms with Gasteiger partial charge in [0.2, 0.25) is 5.91 Å². The van der Waals surface area contributed by atoms with Crippen LogP contribution in [0.1, 0.15) is 11.1 Å². The Morgan fingerprint density at radius 1 is 1.25 bits per heavy atom. The zero-order valence-electron chi connectivity index (χ0n) is 13.2. The lowest BCUT2D eigenvalue weighted by atomic mass is 10.1. The average Bonchev–Trinajstić information content (AvgIpc) is 2.57. The molecule has 1 amide bonds. The van der Waals surface area contributed by atoms with Crippen LogP contribution in [0.5, 0.6) is 11.5 Å². The molecular formula is C17H16BrClN2O3. The molecule has 0 spiro atoms. The monoisotopic (exact) mass is 410 g/mol. The summed E-state index contributed by atoms with van der Waals surface area (Å²) >= 11 is 9.47. The van der Waals surface area contributed by atoms with E-state index in [1.807, 2.05) is 18.2 Å². The Kier molecular flexibility index (Phi) is 6.63. The normalized spacial score (nSPS) is 10.7. The molecule has 0 heterocycles. The van der Waals surface area contributed by atoms with Gasteiger partial charge in [0.25, 0.3) is 0 Å². The molecule has 0 aliphatic heterocycles. The minimum Gasteiger partial charge on any atom is -0.497 e.